The van der Waals surface area contributed by atoms with Crippen LogP contribution in [0, 0.1) is 0 Å². The summed E-state index contributed by atoms with van der Waals surface area (Å²) in [5.41, 5.74) is 5.60. The Balaban J connectivity index is 3.70. The molecular weight excluding hydrogens is 156 g/mol. The Morgan fingerprint density at radius 1 is 1.67 bits per heavy atom. The average molecular weight is 174 g/mol. The Morgan fingerprint density at radius 3 is 2.67 bits per heavy atom. The summed E-state index contributed by atoms with van der Waals surface area (Å²) in [6, 6.07) is -0.0568. The van der Waals surface area contributed by atoms with Crippen molar-refractivity contribution < 1.29 is 9.90 Å². The molecule has 1 amide bonds. The van der Waals surface area contributed by atoms with E-state index < -0.39 is 0 Å². The first-order valence-corrected chi connectivity index (χ1v) is 4.22. The molecule has 0 bridgehead atoms. The average Bonchev–Trinajstić information content (AvgIpc) is 2.04. The lowest BCUT2D eigenvalue weighted by atomic mass is 10.1. The summed E-state index contributed by atoms with van der Waals surface area (Å²) < 4.78 is 0. The molecule has 0 aromatic carbocycles. The van der Waals surface area contributed by atoms with E-state index in [1.54, 1.807) is 7.05 Å². The zero-order valence-corrected chi connectivity index (χ0v) is 7.79. The second kappa shape index (κ2) is 5.97. The standard InChI is InChI=1S/C8H18N2O2/c1-3-7(9)6-8(12)10(2)4-5-11/h7,11H,3-6,9H2,1-2H3. The van der Waals surface area contributed by atoms with Crippen molar-refractivity contribution in [2.45, 2.75) is 25.8 Å². The Kier molecular flexibility index (Phi) is 5.66. The van der Waals surface area contributed by atoms with E-state index in [9.17, 15) is 4.79 Å². The van der Waals surface area contributed by atoms with Crippen LogP contribution in [0.4, 0.5) is 0 Å². The molecule has 0 heterocycles. The summed E-state index contributed by atoms with van der Waals surface area (Å²) in [7, 11) is 1.67. The smallest absolute Gasteiger partial charge is 0.223 e. The van der Waals surface area contributed by atoms with Crippen LogP contribution in [0.5, 0.6) is 0 Å². The van der Waals surface area contributed by atoms with Crippen LogP contribution < -0.4 is 5.73 Å². The molecular formula is C8H18N2O2. The molecule has 0 aromatic rings. The van der Waals surface area contributed by atoms with Crippen LogP contribution in [-0.4, -0.2) is 42.2 Å². The first-order chi connectivity index (χ1) is 5.61. The Labute approximate surface area is 73.3 Å². The molecule has 0 saturated carbocycles. The third kappa shape index (κ3) is 4.31. The van der Waals surface area contributed by atoms with Gasteiger partial charge in [-0.2, -0.15) is 0 Å². The van der Waals surface area contributed by atoms with Gasteiger partial charge in [0.15, 0.2) is 0 Å². The summed E-state index contributed by atoms with van der Waals surface area (Å²) in [6.45, 7) is 2.34. The van der Waals surface area contributed by atoms with Gasteiger partial charge in [-0.05, 0) is 6.42 Å². The SMILES string of the molecule is CCC(N)CC(=O)N(C)CCO. The number of hydrogen-bond acceptors (Lipinski definition) is 3. The minimum atomic E-state index is -0.0568. The fourth-order valence-corrected chi connectivity index (χ4v) is 0.799. The van der Waals surface area contributed by atoms with Gasteiger partial charge in [0.05, 0.1) is 6.61 Å². The van der Waals surface area contributed by atoms with Gasteiger partial charge in [-0.15, -0.1) is 0 Å². The van der Waals surface area contributed by atoms with Crippen LogP contribution in [0.3, 0.4) is 0 Å². The number of nitrogens with zero attached hydrogens (tertiary/aromatic N) is 1. The Hall–Kier alpha value is -0.610. The summed E-state index contributed by atoms with van der Waals surface area (Å²) in [6.07, 6.45) is 1.17. The second-order valence-corrected chi connectivity index (χ2v) is 2.91. The van der Waals surface area contributed by atoms with Crippen LogP contribution in [0.15, 0.2) is 0 Å². The van der Waals surface area contributed by atoms with Crippen molar-refractivity contribution in [3.05, 3.63) is 0 Å². The van der Waals surface area contributed by atoms with Gasteiger partial charge < -0.3 is 15.7 Å². The molecule has 0 fully saturated rings. The summed E-state index contributed by atoms with van der Waals surface area (Å²) in [5.74, 6) is -0.00148. The van der Waals surface area contributed by atoms with E-state index in [1.165, 1.54) is 4.90 Å². The maximum absolute atomic E-state index is 11.2. The highest BCUT2D eigenvalue weighted by Crippen LogP contribution is 1.97. The summed E-state index contributed by atoms with van der Waals surface area (Å²) in [4.78, 5) is 12.7. The normalized spacial score (nSPS) is 12.7. The Morgan fingerprint density at radius 2 is 2.25 bits per heavy atom. The molecule has 0 aliphatic heterocycles. The van der Waals surface area contributed by atoms with Crippen molar-refractivity contribution >= 4 is 5.91 Å². The lowest BCUT2D eigenvalue weighted by molar-refractivity contribution is -0.130. The number of aliphatic hydroxyl groups excluding tert-OH is 1. The Bertz CT molecular complexity index is 139. The first kappa shape index (κ1) is 11.4. The van der Waals surface area contributed by atoms with Crippen molar-refractivity contribution in [1.82, 2.24) is 4.90 Å². The molecule has 0 spiro atoms. The van der Waals surface area contributed by atoms with Gasteiger partial charge in [0.1, 0.15) is 0 Å². The third-order valence-corrected chi connectivity index (χ3v) is 1.82. The van der Waals surface area contributed by atoms with E-state index in [-0.39, 0.29) is 18.6 Å². The number of carbonyl (C=O) groups excluding carboxylic acids is 1. The van der Waals surface area contributed by atoms with Gasteiger partial charge in [0, 0.05) is 26.1 Å². The molecule has 3 N–H and O–H groups in total. The molecule has 4 heteroatoms. The largest absolute Gasteiger partial charge is 0.395 e. The van der Waals surface area contributed by atoms with Gasteiger partial charge in [-0.25, -0.2) is 0 Å². The number of hydrogen-bond donors (Lipinski definition) is 2. The van der Waals surface area contributed by atoms with Crippen molar-refractivity contribution in [1.29, 1.82) is 0 Å². The zero-order valence-electron chi connectivity index (χ0n) is 7.79. The van der Waals surface area contributed by atoms with Crippen LogP contribution in [-0.2, 0) is 4.79 Å². The van der Waals surface area contributed by atoms with E-state index in [0.29, 0.717) is 13.0 Å². The number of amides is 1. The van der Waals surface area contributed by atoms with E-state index in [2.05, 4.69) is 0 Å². The molecule has 0 rings (SSSR count). The van der Waals surface area contributed by atoms with E-state index in [4.69, 9.17) is 10.8 Å². The predicted octanol–water partition coefficient (Wildman–Crippen LogP) is -0.435. The van der Waals surface area contributed by atoms with Crippen molar-refractivity contribution in [3.8, 4) is 0 Å². The highest BCUT2D eigenvalue weighted by molar-refractivity contribution is 5.76. The monoisotopic (exact) mass is 174 g/mol. The third-order valence-electron chi connectivity index (χ3n) is 1.82. The van der Waals surface area contributed by atoms with Gasteiger partial charge in [-0.1, -0.05) is 6.92 Å². The van der Waals surface area contributed by atoms with Crippen LogP contribution in [0.2, 0.25) is 0 Å². The topological polar surface area (TPSA) is 66.6 Å². The van der Waals surface area contributed by atoms with E-state index >= 15 is 0 Å². The molecule has 4 nitrogen and oxygen atoms in total. The molecule has 0 saturated heterocycles. The lowest BCUT2D eigenvalue weighted by Gasteiger charge is -2.17. The number of rotatable bonds is 5. The highest BCUT2D eigenvalue weighted by atomic mass is 16.3. The quantitative estimate of drug-likeness (QED) is 0.594. The first-order valence-electron chi connectivity index (χ1n) is 4.22. The maximum Gasteiger partial charge on any atom is 0.223 e. The van der Waals surface area contributed by atoms with E-state index in [1.807, 2.05) is 6.92 Å². The zero-order chi connectivity index (χ0) is 9.56. The summed E-state index contributed by atoms with van der Waals surface area (Å²) in [5, 5.41) is 8.55. The molecule has 0 aliphatic rings. The maximum atomic E-state index is 11.2. The minimum absolute atomic E-state index is 0.00148. The van der Waals surface area contributed by atoms with Crippen molar-refractivity contribution in [2.75, 3.05) is 20.2 Å². The van der Waals surface area contributed by atoms with E-state index in [0.717, 1.165) is 6.42 Å². The number of likely N-dealkylation sites (N-methyl/N-ethyl adjacent to an activating group) is 1. The van der Waals surface area contributed by atoms with Crippen molar-refractivity contribution in [3.63, 3.8) is 0 Å². The van der Waals surface area contributed by atoms with Gasteiger partial charge in [0.25, 0.3) is 0 Å². The lowest BCUT2D eigenvalue weighted by Crippen LogP contribution is -2.34. The summed E-state index contributed by atoms with van der Waals surface area (Å²) >= 11 is 0. The number of carbonyl (C=O) groups is 1. The fraction of sp³-hybridized carbons (Fsp3) is 0.875. The van der Waals surface area contributed by atoms with Gasteiger partial charge in [-0.3, -0.25) is 4.79 Å². The molecule has 1 unspecified atom stereocenters. The van der Waals surface area contributed by atoms with Crippen molar-refractivity contribution in [2.24, 2.45) is 5.73 Å². The predicted molar refractivity (Wildman–Crippen MR) is 47.6 cm³/mol. The van der Waals surface area contributed by atoms with Crippen LogP contribution in [0.1, 0.15) is 19.8 Å². The molecule has 0 radical (unpaired) electrons. The van der Waals surface area contributed by atoms with Gasteiger partial charge >= 0.3 is 0 Å². The fourth-order valence-electron chi connectivity index (χ4n) is 0.799. The highest BCUT2D eigenvalue weighted by Gasteiger charge is 2.11. The minimum Gasteiger partial charge on any atom is -0.395 e. The number of nitrogens with two attached hydrogens (primary N) is 1. The number of aliphatic hydroxyl groups is 1. The second-order valence-electron chi connectivity index (χ2n) is 2.91. The molecule has 0 aliphatic carbocycles. The molecule has 0 aromatic heterocycles. The van der Waals surface area contributed by atoms with Crippen LogP contribution in [0.25, 0.3) is 0 Å². The molecule has 72 valence electrons. The molecule has 1 atom stereocenters. The van der Waals surface area contributed by atoms with Gasteiger partial charge in [0.2, 0.25) is 5.91 Å². The molecule has 12 heavy (non-hydrogen) atoms. The van der Waals surface area contributed by atoms with Crippen LogP contribution >= 0.6 is 0 Å².